The molecule has 0 saturated carbocycles. The molecule has 190 valence electrons. The Morgan fingerprint density at radius 3 is 2.22 bits per heavy atom. The quantitative estimate of drug-likeness (QED) is 0.413. The minimum Gasteiger partial charge on any atom is -0.353 e. The number of aromatic nitrogens is 3. The van der Waals surface area contributed by atoms with Gasteiger partial charge in [0.1, 0.15) is 17.5 Å². The molecule has 0 atom stereocenters. The maximum Gasteiger partial charge on any atom is 0.419 e. The summed E-state index contributed by atoms with van der Waals surface area (Å²) in [6, 6.07) is 8.67. The summed E-state index contributed by atoms with van der Waals surface area (Å²) in [4.78, 5) is 19.4. The van der Waals surface area contributed by atoms with Gasteiger partial charge in [0.25, 0.3) is 0 Å². The van der Waals surface area contributed by atoms with E-state index in [1.165, 1.54) is 18.3 Å². The van der Waals surface area contributed by atoms with E-state index >= 15 is 0 Å². The lowest BCUT2D eigenvalue weighted by Crippen LogP contribution is -2.47. The first-order valence-corrected chi connectivity index (χ1v) is 12.3. The van der Waals surface area contributed by atoms with Crippen LogP contribution in [0, 0.1) is 5.82 Å². The summed E-state index contributed by atoms with van der Waals surface area (Å²) in [5, 5.41) is 0.0108. The highest BCUT2D eigenvalue weighted by atomic mass is 35.5. The predicted molar refractivity (Wildman–Crippen MR) is 132 cm³/mol. The summed E-state index contributed by atoms with van der Waals surface area (Å²) in [5.74, 6) is 0.713. The minimum atomic E-state index is -4.47. The number of anilines is 3. The van der Waals surface area contributed by atoms with Crippen LogP contribution in [0.1, 0.15) is 24.8 Å². The molecule has 5 rings (SSSR count). The average molecular weight is 521 g/mol. The zero-order valence-electron chi connectivity index (χ0n) is 19.5. The van der Waals surface area contributed by atoms with Gasteiger partial charge in [-0.15, -0.1) is 0 Å². The van der Waals surface area contributed by atoms with Gasteiger partial charge < -0.3 is 14.7 Å². The second-order valence-electron chi connectivity index (χ2n) is 8.93. The number of rotatable bonds is 4. The molecule has 0 aliphatic carbocycles. The number of nitrogens with zero attached hydrogens (tertiary/aromatic N) is 6. The van der Waals surface area contributed by atoms with Crippen molar-refractivity contribution in [2.24, 2.45) is 0 Å². The van der Waals surface area contributed by atoms with Crippen LogP contribution in [0.2, 0.25) is 5.02 Å². The van der Waals surface area contributed by atoms with E-state index < -0.39 is 17.6 Å². The first-order valence-electron chi connectivity index (χ1n) is 11.9. The third kappa shape index (κ3) is 5.18. The highest BCUT2D eigenvalue weighted by molar-refractivity contribution is 6.31. The van der Waals surface area contributed by atoms with Crippen LogP contribution in [0.25, 0.3) is 11.3 Å². The molecule has 2 fully saturated rings. The summed E-state index contributed by atoms with van der Waals surface area (Å²) in [7, 11) is 0. The molecule has 0 bridgehead atoms. The highest BCUT2D eigenvalue weighted by Gasteiger charge is 2.36. The fraction of sp³-hybridized carbons (Fsp3) is 0.400. The van der Waals surface area contributed by atoms with Crippen molar-refractivity contribution >= 4 is 29.2 Å². The number of hydrogen-bond donors (Lipinski definition) is 0. The van der Waals surface area contributed by atoms with Gasteiger partial charge in [0.05, 0.1) is 16.3 Å². The molecular weight excluding hydrogens is 496 g/mol. The van der Waals surface area contributed by atoms with E-state index in [1.54, 1.807) is 17.0 Å². The first-order chi connectivity index (χ1) is 17.3. The highest BCUT2D eigenvalue weighted by Crippen LogP contribution is 2.36. The molecule has 11 heteroatoms. The Kier molecular flexibility index (Phi) is 6.87. The van der Waals surface area contributed by atoms with Gasteiger partial charge in [0.15, 0.2) is 0 Å². The van der Waals surface area contributed by atoms with Gasteiger partial charge in [0.2, 0.25) is 5.95 Å². The Morgan fingerprint density at radius 2 is 1.53 bits per heavy atom. The molecule has 3 aromatic rings. The molecule has 4 heterocycles. The summed E-state index contributed by atoms with van der Waals surface area (Å²) in [5.41, 5.74) is 0.558. The largest absolute Gasteiger partial charge is 0.419 e. The Hall–Kier alpha value is -3.14. The van der Waals surface area contributed by atoms with Crippen molar-refractivity contribution in [1.29, 1.82) is 0 Å². The van der Waals surface area contributed by atoms with Crippen LogP contribution in [0.4, 0.5) is 35.1 Å². The topological polar surface area (TPSA) is 48.4 Å². The van der Waals surface area contributed by atoms with Gasteiger partial charge in [-0.1, -0.05) is 11.6 Å². The third-order valence-electron chi connectivity index (χ3n) is 6.55. The third-order valence-corrected chi connectivity index (χ3v) is 6.84. The van der Waals surface area contributed by atoms with Crippen LogP contribution in [0.15, 0.2) is 42.6 Å². The molecule has 0 unspecified atom stereocenters. The normalized spacial score (nSPS) is 17.0. The van der Waals surface area contributed by atoms with Crippen molar-refractivity contribution in [3.05, 3.63) is 59.0 Å². The second kappa shape index (κ2) is 10.1. The van der Waals surface area contributed by atoms with Crippen molar-refractivity contribution in [3.8, 4) is 11.3 Å². The minimum absolute atomic E-state index is 0.0108. The fourth-order valence-corrected chi connectivity index (χ4v) is 4.82. The van der Waals surface area contributed by atoms with Gasteiger partial charge in [-0.25, -0.2) is 14.4 Å². The molecule has 2 saturated heterocycles. The lowest BCUT2D eigenvalue weighted by Gasteiger charge is -2.37. The van der Waals surface area contributed by atoms with Crippen molar-refractivity contribution in [3.63, 3.8) is 0 Å². The number of halogens is 5. The molecule has 0 radical (unpaired) electrons. The lowest BCUT2D eigenvalue weighted by molar-refractivity contribution is -0.137. The molecule has 0 spiro atoms. The number of benzene rings is 1. The van der Waals surface area contributed by atoms with Crippen LogP contribution in [0.5, 0.6) is 0 Å². The van der Waals surface area contributed by atoms with Crippen LogP contribution in [-0.2, 0) is 6.18 Å². The molecule has 0 amide bonds. The van der Waals surface area contributed by atoms with Crippen LogP contribution < -0.4 is 14.7 Å². The average Bonchev–Trinajstić information content (AvgIpc) is 2.90. The molecule has 0 N–H and O–H groups in total. The molecule has 36 heavy (non-hydrogen) atoms. The number of piperazine rings is 1. The van der Waals surface area contributed by atoms with Crippen molar-refractivity contribution in [2.45, 2.75) is 25.4 Å². The van der Waals surface area contributed by atoms with Crippen LogP contribution in [0.3, 0.4) is 0 Å². The first kappa shape index (κ1) is 24.5. The summed E-state index contributed by atoms with van der Waals surface area (Å²) in [6.45, 7) is 3.35. The van der Waals surface area contributed by atoms with Gasteiger partial charge in [-0.05, 0) is 49.6 Å². The van der Waals surface area contributed by atoms with E-state index in [9.17, 15) is 17.6 Å². The second-order valence-corrected chi connectivity index (χ2v) is 9.34. The van der Waals surface area contributed by atoms with Crippen LogP contribution in [-0.4, -0.2) is 54.2 Å². The maximum absolute atomic E-state index is 13.8. The summed E-state index contributed by atoms with van der Waals surface area (Å²) < 4.78 is 54.3. The molecule has 2 aliphatic rings. The predicted octanol–water partition coefficient (Wildman–Crippen LogP) is 5.67. The van der Waals surface area contributed by atoms with Crippen molar-refractivity contribution in [2.75, 3.05) is 54.0 Å². The Balaban J connectivity index is 1.43. The monoisotopic (exact) mass is 520 g/mol. The molecule has 6 nitrogen and oxygen atoms in total. The van der Waals surface area contributed by atoms with Gasteiger partial charge in [-0.3, -0.25) is 0 Å². The Labute approximate surface area is 211 Å². The zero-order valence-corrected chi connectivity index (χ0v) is 20.2. The standard InChI is InChI=1S/C25H25ClF4N6/c26-19-15-17(6-7-20(19)27)21-16-22(33-24(32-21)36-9-2-1-3-10-36)34-11-13-35(14-12-34)23-18(25(28,29)30)5-4-8-31-23/h4-8,15-16H,1-3,9-14H2. The number of alkyl halides is 3. The lowest BCUT2D eigenvalue weighted by atomic mass is 10.1. The molecular formula is C25H25ClF4N6. The maximum atomic E-state index is 13.8. The smallest absolute Gasteiger partial charge is 0.353 e. The zero-order chi connectivity index (χ0) is 25.3. The SMILES string of the molecule is Fc1ccc(-c2cc(N3CCN(c4ncccc4C(F)(F)F)CC3)nc(N3CCCCC3)n2)cc1Cl. The molecule has 2 aromatic heterocycles. The Morgan fingerprint density at radius 1 is 0.806 bits per heavy atom. The van der Waals surface area contributed by atoms with Crippen molar-refractivity contribution in [1.82, 2.24) is 15.0 Å². The van der Waals surface area contributed by atoms with E-state index in [4.69, 9.17) is 21.6 Å². The van der Waals surface area contributed by atoms with E-state index in [2.05, 4.69) is 9.88 Å². The van der Waals surface area contributed by atoms with Gasteiger partial charge in [0, 0.05) is 57.1 Å². The van der Waals surface area contributed by atoms with E-state index in [1.807, 2.05) is 11.0 Å². The van der Waals surface area contributed by atoms with Crippen LogP contribution >= 0.6 is 11.6 Å². The van der Waals surface area contributed by atoms with Crippen molar-refractivity contribution < 1.29 is 17.6 Å². The Bertz CT molecular complexity index is 1220. The fourth-order valence-electron chi connectivity index (χ4n) is 4.64. The van der Waals surface area contributed by atoms with E-state index in [-0.39, 0.29) is 10.8 Å². The summed E-state index contributed by atoms with van der Waals surface area (Å²) >= 11 is 6.03. The van der Waals surface area contributed by atoms with E-state index in [0.717, 1.165) is 38.4 Å². The number of piperidine rings is 1. The van der Waals surface area contributed by atoms with Gasteiger partial charge >= 0.3 is 6.18 Å². The van der Waals surface area contributed by atoms with Gasteiger partial charge in [-0.2, -0.15) is 18.2 Å². The number of pyridine rings is 1. The summed E-state index contributed by atoms with van der Waals surface area (Å²) in [6.07, 6.45) is 0.172. The molecule has 2 aliphatic heterocycles. The molecule has 1 aromatic carbocycles. The number of hydrogen-bond acceptors (Lipinski definition) is 6. The van der Waals surface area contributed by atoms with E-state index in [0.29, 0.717) is 49.2 Å².